The third-order valence-corrected chi connectivity index (χ3v) is 0.513. The molecule has 0 aromatic rings. The van der Waals surface area contributed by atoms with E-state index in [0.717, 1.165) is 6.92 Å². The molecule has 0 aliphatic heterocycles. The van der Waals surface area contributed by atoms with Crippen LogP contribution in [0.15, 0.2) is 0 Å². The molecule has 0 unspecified atom stereocenters. The van der Waals surface area contributed by atoms with Gasteiger partial charge in [0.25, 0.3) is 0 Å². The summed E-state index contributed by atoms with van der Waals surface area (Å²) in [5, 5.41) is 1.69. The molecule has 0 saturated carbocycles. The zero-order chi connectivity index (χ0) is 7.44. The molecule has 0 spiro atoms. The molecule has 5 nitrogen and oxygen atoms in total. The molecule has 0 heterocycles. The van der Waals surface area contributed by atoms with E-state index >= 15 is 0 Å². The minimum absolute atomic E-state index is 0.598. The van der Waals surface area contributed by atoms with E-state index in [1.807, 2.05) is 0 Å². The van der Waals surface area contributed by atoms with Crippen LogP contribution in [0.1, 0.15) is 6.92 Å². The smallest absolute Gasteiger partial charge is 0.315 e. The second-order valence-electron chi connectivity index (χ2n) is 1.37. The van der Waals surface area contributed by atoms with Crippen LogP contribution in [0.25, 0.3) is 0 Å². The van der Waals surface area contributed by atoms with E-state index in [0.29, 0.717) is 0 Å². The fourth-order valence-corrected chi connectivity index (χ4v) is 0.221. The Morgan fingerprint density at radius 2 is 1.78 bits per heavy atom. The van der Waals surface area contributed by atoms with E-state index < -0.39 is 17.7 Å². The SMILES string of the molecule is CC(=O)NC(=O)C(N)=O. The van der Waals surface area contributed by atoms with Gasteiger partial charge in [-0.25, -0.2) is 0 Å². The van der Waals surface area contributed by atoms with E-state index in [1.54, 1.807) is 5.32 Å². The van der Waals surface area contributed by atoms with Crippen molar-refractivity contribution in [2.75, 3.05) is 0 Å². The van der Waals surface area contributed by atoms with Crippen LogP contribution in [0, 0.1) is 0 Å². The summed E-state index contributed by atoms with van der Waals surface area (Å²) in [6, 6.07) is 0. The van der Waals surface area contributed by atoms with Gasteiger partial charge in [0, 0.05) is 6.92 Å². The van der Waals surface area contributed by atoms with E-state index in [9.17, 15) is 14.4 Å². The maximum absolute atomic E-state index is 10.1. The molecule has 3 amide bonds. The summed E-state index contributed by atoms with van der Waals surface area (Å²) >= 11 is 0. The molecule has 0 aromatic heterocycles. The normalized spacial score (nSPS) is 8.11. The maximum Gasteiger partial charge on any atom is 0.315 e. The minimum atomic E-state index is -1.16. The molecule has 0 aliphatic carbocycles. The summed E-state index contributed by atoms with van der Waals surface area (Å²) in [7, 11) is 0. The van der Waals surface area contributed by atoms with Gasteiger partial charge in [-0.05, 0) is 0 Å². The number of nitrogens with one attached hydrogen (secondary N) is 1. The molecule has 0 bridgehead atoms. The van der Waals surface area contributed by atoms with E-state index in [4.69, 9.17) is 0 Å². The van der Waals surface area contributed by atoms with Crippen LogP contribution in [0.5, 0.6) is 0 Å². The van der Waals surface area contributed by atoms with Crippen molar-refractivity contribution in [1.82, 2.24) is 5.32 Å². The van der Waals surface area contributed by atoms with Gasteiger partial charge in [0.1, 0.15) is 0 Å². The fraction of sp³-hybridized carbons (Fsp3) is 0.250. The number of amides is 3. The van der Waals surface area contributed by atoms with Gasteiger partial charge in [0.2, 0.25) is 5.91 Å². The van der Waals surface area contributed by atoms with Gasteiger partial charge in [-0.2, -0.15) is 0 Å². The summed E-state index contributed by atoms with van der Waals surface area (Å²) in [5.74, 6) is -2.84. The van der Waals surface area contributed by atoms with Crippen molar-refractivity contribution in [2.45, 2.75) is 6.92 Å². The third kappa shape index (κ3) is 3.22. The van der Waals surface area contributed by atoms with E-state index in [2.05, 4.69) is 5.73 Å². The quantitative estimate of drug-likeness (QED) is 0.376. The van der Waals surface area contributed by atoms with Crippen LogP contribution >= 0.6 is 0 Å². The third-order valence-electron chi connectivity index (χ3n) is 0.513. The van der Waals surface area contributed by atoms with Crippen molar-refractivity contribution in [1.29, 1.82) is 0 Å². The minimum Gasteiger partial charge on any atom is -0.361 e. The van der Waals surface area contributed by atoms with Crippen molar-refractivity contribution in [3.63, 3.8) is 0 Å². The maximum atomic E-state index is 10.1. The summed E-state index contributed by atoms with van der Waals surface area (Å²) in [6.45, 7) is 1.11. The highest BCUT2D eigenvalue weighted by Crippen LogP contribution is 1.62. The Balaban J connectivity index is 3.79. The van der Waals surface area contributed by atoms with Gasteiger partial charge in [-0.3, -0.25) is 19.7 Å². The number of carbonyl (C=O) groups excluding carboxylic acids is 3. The predicted octanol–water partition coefficient (Wildman–Crippen LogP) is -1.87. The number of rotatable bonds is 0. The van der Waals surface area contributed by atoms with Gasteiger partial charge in [-0.1, -0.05) is 0 Å². The monoisotopic (exact) mass is 130 g/mol. The summed E-state index contributed by atoms with van der Waals surface area (Å²) in [5.41, 5.74) is 4.48. The lowest BCUT2D eigenvalue weighted by Crippen LogP contribution is -2.38. The number of hydrogen-bond donors (Lipinski definition) is 2. The highest BCUT2D eigenvalue weighted by molar-refractivity contribution is 6.37. The topological polar surface area (TPSA) is 89.3 Å². The first-order chi connectivity index (χ1) is 4.04. The Labute approximate surface area is 51.2 Å². The lowest BCUT2D eigenvalue weighted by Gasteiger charge is -1.92. The number of primary amides is 1. The zero-order valence-electron chi connectivity index (χ0n) is 4.80. The van der Waals surface area contributed by atoms with Gasteiger partial charge >= 0.3 is 11.8 Å². The molecular formula is C4H6N2O3. The van der Waals surface area contributed by atoms with Gasteiger partial charge in [0.15, 0.2) is 0 Å². The van der Waals surface area contributed by atoms with Crippen LogP contribution in [0.3, 0.4) is 0 Å². The molecule has 0 atom stereocenters. The van der Waals surface area contributed by atoms with Crippen LogP contribution in [0.4, 0.5) is 0 Å². The number of hydrogen-bond acceptors (Lipinski definition) is 3. The lowest BCUT2D eigenvalue weighted by atomic mass is 10.5. The first-order valence-electron chi connectivity index (χ1n) is 2.15. The Kier molecular flexibility index (Phi) is 2.37. The number of carbonyl (C=O) groups is 3. The summed E-state index contributed by atoms with van der Waals surface area (Å²) < 4.78 is 0. The second kappa shape index (κ2) is 2.81. The molecule has 0 rings (SSSR count). The fourth-order valence-electron chi connectivity index (χ4n) is 0.221. The lowest BCUT2D eigenvalue weighted by molar-refractivity contribution is -0.140. The predicted molar refractivity (Wildman–Crippen MR) is 28.0 cm³/mol. The van der Waals surface area contributed by atoms with Crippen molar-refractivity contribution in [3.05, 3.63) is 0 Å². The highest BCUT2D eigenvalue weighted by Gasteiger charge is 2.08. The Morgan fingerprint density at radius 3 is 1.89 bits per heavy atom. The molecule has 0 radical (unpaired) electrons. The molecule has 5 heteroatoms. The van der Waals surface area contributed by atoms with Gasteiger partial charge < -0.3 is 5.73 Å². The Morgan fingerprint density at radius 1 is 1.33 bits per heavy atom. The zero-order valence-corrected chi connectivity index (χ0v) is 4.80. The van der Waals surface area contributed by atoms with Crippen LogP contribution in [-0.2, 0) is 14.4 Å². The van der Waals surface area contributed by atoms with Crippen molar-refractivity contribution < 1.29 is 14.4 Å². The molecule has 0 saturated heterocycles. The standard InChI is InChI=1S/C4H6N2O3/c1-2(7)6-4(9)3(5)8/h1H3,(H2,5,8)(H,6,7,9). The molecule has 3 N–H and O–H groups in total. The van der Waals surface area contributed by atoms with Crippen LogP contribution < -0.4 is 11.1 Å². The molecular weight excluding hydrogens is 124 g/mol. The van der Waals surface area contributed by atoms with Gasteiger partial charge in [0.05, 0.1) is 0 Å². The molecule has 0 aromatic carbocycles. The van der Waals surface area contributed by atoms with E-state index in [1.165, 1.54) is 0 Å². The first-order valence-corrected chi connectivity index (χ1v) is 2.15. The first kappa shape index (κ1) is 7.61. The van der Waals surface area contributed by atoms with Crippen molar-refractivity contribution in [3.8, 4) is 0 Å². The summed E-state index contributed by atoms with van der Waals surface area (Å²) in [6.07, 6.45) is 0. The molecule has 50 valence electrons. The second-order valence-corrected chi connectivity index (χ2v) is 1.37. The summed E-state index contributed by atoms with van der Waals surface area (Å²) in [4.78, 5) is 30.1. The van der Waals surface area contributed by atoms with Crippen LogP contribution in [-0.4, -0.2) is 17.7 Å². The molecule has 0 aliphatic rings. The molecule has 0 fully saturated rings. The average molecular weight is 130 g/mol. The van der Waals surface area contributed by atoms with Crippen LogP contribution in [0.2, 0.25) is 0 Å². The van der Waals surface area contributed by atoms with Crippen molar-refractivity contribution >= 4 is 17.7 Å². The Bertz CT molecular complexity index is 163. The van der Waals surface area contributed by atoms with Gasteiger partial charge in [-0.15, -0.1) is 0 Å². The molecule has 9 heavy (non-hydrogen) atoms. The largest absolute Gasteiger partial charge is 0.361 e. The number of imide groups is 1. The van der Waals surface area contributed by atoms with Crippen molar-refractivity contribution in [2.24, 2.45) is 5.73 Å². The highest BCUT2D eigenvalue weighted by atomic mass is 16.2. The Hall–Kier alpha value is -1.39. The number of nitrogens with two attached hydrogens (primary N) is 1. The van der Waals surface area contributed by atoms with E-state index in [-0.39, 0.29) is 0 Å². The average Bonchev–Trinajstić information content (AvgIpc) is 1.63.